The highest BCUT2D eigenvalue weighted by atomic mass is 32.1. The molecule has 1 N–H and O–H groups in total. The molecule has 1 aromatic heterocycles. The second-order valence-electron chi connectivity index (χ2n) is 3.24. The maximum absolute atomic E-state index is 10.5. The molecule has 0 spiro atoms. The van der Waals surface area contributed by atoms with Gasteiger partial charge in [0, 0.05) is 15.7 Å². The molecule has 0 saturated heterocycles. The first-order valence-electron chi connectivity index (χ1n) is 4.57. The van der Waals surface area contributed by atoms with Gasteiger partial charge in [-0.05, 0) is 30.0 Å². The fraction of sp³-hybridized carbons (Fsp3) is 0.0833. The van der Waals surface area contributed by atoms with Crippen LogP contribution in [0.15, 0.2) is 30.3 Å². The molecule has 1 heterocycles. The van der Waals surface area contributed by atoms with Crippen LogP contribution in [0, 0.1) is 6.92 Å². The number of aliphatic carboxylic acids is 1. The molecule has 0 aliphatic heterocycles. The molecule has 0 saturated carbocycles. The highest BCUT2D eigenvalue weighted by Gasteiger charge is 2.05. The molecule has 76 valence electrons. The minimum Gasteiger partial charge on any atom is -0.478 e. The maximum atomic E-state index is 10.5. The predicted molar refractivity (Wildman–Crippen MR) is 63.2 cm³/mol. The highest BCUT2D eigenvalue weighted by molar-refractivity contribution is 7.19. The number of thiophene rings is 1. The van der Waals surface area contributed by atoms with Crippen LogP contribution >= 0.6 is 11.3 Å². The Morgan fingerprint density at radius 2 is 2.13 bits per heavy atom. The average molecular weight is 218 g/mol. The number of hydrogen-bond acceptors (Lipinski definition) is 2. The molecule has 0 amide bonds. The molecule has 15 heavy (non-hydrogen) atoms. The topological polar surface area (TPSA) is 37.3 Å². The third kappa shape index (κ3) is 1.92. The summed E-state index contributed by atoms with van der Waals surface area (Å²) >= 11 is 1.69. The van der Waals surface area contributed by atoms with Crippen molar-refractivity contribution in [1.29, 1.82) is 0 Å². The SMILES string of the molecule is Cc1sc2ccccc2c1/C=C/C(=O)O. The number of rotatable bonds is 2. The Hall–Kier alpha value is -1.61. The Morgan fingerprint density at radius 3 is 2.87 bits per heavy atom. The first kappa shape index (κ1) is 9.93. The Bertz CT molecular complexity index is 538. The van der Waals surface area contributed by atoms with Crippen molar-refractivity contribution >= 4 is 33.5 Å². The van der Waals surface area contributed by atoms with Crippen molar-refractivity contribution in [2.45, 2.75) is 6.92 Å². The molecule has 0 aliphatic rings. The summed E-state index contributed by atoms with van der Waals surface area (Å²) in [4.78, 5) is 11.6. The largest absolute Gasteiger partial charge is 0.478 e. The number of aryl methyl sites for hydroxylation is 1. The van der Waals surface area contributed by atoms with E-state index in [1.165, 1.54) is 10.8 Å². The number of carbonyl (C=O) groups is 1. The van der Waals surface area contributed by atoms with E-state index in [2.05, 4.69) is 0 Å². The molecule has 0 aliphatic carbocycles. The summed E-state index contributed by atoms with van der Waals surface area (Å²) in [7, 11) is 0. The lowest BCUT2D eigenvalue weighted by molar-refractivity contribution is -0.131. The lowest BCUT2D eigenvalue weighted by Crippen LogP contribution is -1.85. The molecule has 2 aromatic rings. The van der Waals surface area contributed by atoms with Crippen LogP contribution in [0.2, 0.25) is 0 Å². The van der Waals surface area contributed by atoms with E-state index in [0.717, 1.165) is 15.8 Å². The van der Waals surface area contributed by atoms with Gasteiger partial charge in [-0.2, -0.15) is 0 Å². The molecule has 2 rings (SSSR count). The van der Waals surface area contributed by atoms with Gasteiger partial charge >= 0.3 is 5.97 Å². The molecule has 0 fully saturated rings. The van der Waals surface area contributed by atoms with Gasteiger partial charge in [0.1, 0.15) is 0 Å². The zero-order valence-electron chi connectivity index (χ0n) is 8.23. The van der Waals surface area contributed by atoms with E-state index >= 15 is 0 Å². The minimum absolute atomic E-state index is 0.912. The molecule has 0 unspecified atom stereocenters. The quantitative estimate of drug-likeness (QED) is 0.785. The van der Waals surface area contributed by atoms with E-state index < -0.39 is 5.97 Å². The lowest BCUT2D eigenvalue weighted by Gasteiger charge is -1.91. The average Bonchev–Trinajstić information content (AvgIpc) is 2.50. The van der Waals surface area contributed by atoms with Crippen LogP contribution in [-0.2, 0) is 4.79 Å². The summed E-state index contributed by atoms with van der Waals surface area (Å²) in [5.41, 5.74) is 1.01. The van der Waals surface area contributed by atoms with Gasteiger partial charge < -0.3 is 5.11 Å². The van der Waals surface area contributed by atoms with Gasteiger partial charge in [-0.3, -0.25) is 0 Å². The Labute approximate surface area is 91.5 Å². The van der Waals surface area contributed by atoms with Crippen LogP contribution in [0.25, 0.3) is 16.2 Å². The van der Waals surface area contributed by atoms with E-state index in [1.807, 2.05) is 31.2 Å². The summed E-state index contributed by atoms with van der Waals surface area (Å²) in [6.07, 6.45) is 2.85. The molecule has 0 radical (unpaired) electrons. The van der Waals surface area contributed by atoms with E-state index in [0.29, 0.717) is 0 Å². The normalized spacial score (nSPS) is 11.3. The maximum Gasteiger partial charge on any atom is 0.328 e. The fourth-order valence-corrected chi connectivity index (χ4v) is 2.60. The molecular formula is C12H10O2S. The van der Waals surface area contributed by atoms with Crippen LogP contribution in [-0.4, -0.2) is 11.1 Å². The molecule has 2 nitrogen and oxygen atoms in total. The third-order valence-electron chi connectivity index (χ3n) is 2.21. The van der Waals surface area contributed by atoms with Crippen molar-refractivity contribution in [3.05, 3.63) is 40.8 Å². The minimum atomic E-state index is -0.912. The number of hydrogen-bond donors (Lipinski definition) is 1. The first-order valence-corrected chi connectivity index (χ1v) is 5.39. The van der Waals surface area contributed by atoms with Crippen molar-refractivity contribution in [1.82, 2.24) is 0 Å². The van der Waals surface area contributed by atoms with Gasteiger partial charge in [0.15, 0.2) is 0 Å². The van der Waals surface area contributed by atoms with Gasteiger partial charge in [0.25, 0.3) is 0 Å². The fourth-order valence-electron chi connectivity index (χ4n) is 1.55. The number of benzene rings is 1. The van der Waals surface area contributed by atoms with Gasteiger partial charge in [-0.15, -0.1) is 11.3 Å². The molecular weight excluding hydrogens is 208 g/mol. The summed E-state index contributed by atoms with van der Waals surface area (Å²) < 4.78 is 1.19. The van der Waals surface area contributed by atoms with E-state index in [-0.39, 0.29) is 0 Å². The highest BCUT2D eigenvalue weighted by Crippen LogP contribution is 2.31. The van der Waals surface area contributed by atoms with E-state index in [9.17, 15) is 4.79 Å². The van der Waals surface area contributed by atoms with Crippen molar-refractivity contribution in [3.8, 4) is 0 Å². The van der Waals surface area contributed by atoms with Crippen LogP contribution < -0.4 is 0 Å². The van der Waals surface area contributed by atoms with Gasteiger partial charge in [0.05, 0.1) is 0 Å². The zero-order chi connectivity index (χ0) is 10.8. The zero-order valence-corrected chi connectivity index (χ0v) is 9.04. The lowest BCUT2D eigenvalue weighted by atomic mass is 10.1. The van der Waals surface area contributed by atoms with Crippen molar-refractivity contribution in [3.63, 3.8) is 0 Å². The number of fused-ring (bicyclic) bond motifs is 1. The van der Waals surface area contributed by atoms with Gasteiger partial charge in [-0.1, -0.05) is 18.2 Å². The van der Waals surface area contributed by atoms with Gasteiger partial charge in [0.2, 0.25) is 0 Å². The van der Waals surface area contributed by atoms with Crippen molar-refractivity contribution in [2.24, 2.45) is 0 Å². The number of carboxylic acids is 1. The van der Waals surface area contributed by atoms with E-state index in [1.54, 1.807) is 17.4 Å². The Balaban J connectivity index is 2.59. The molecule has 0 bridgehead atoms. The Morgan fingerprint density at radius 1 is 1.40 bits per heavy atom. The Kier molecular flexibility index (Phi) is 2.56. The second kappa shape index (κ2) is 3.87. The predicted octanol–water partition coefficient (Wildman–Crippen LogP) is 3.31. The molecule has 3 heteroatoms. The summed E-state index contributed by atoms with van der Waals surface area (Å²) in [6, 6.07) is 8.01. The smallest absolute Gasteiger partial charge is 0.328 e. The van der Waals surface area contributed by atoms with Crippen LogP contribution in [0.3, 0.4) is 0 Å². The number of carboxylic acid groups (broad SMARTS) is 1. The van der Waals surface area contributed by atoms with Crippen molar-refractivity contribution in [2.75, 3.05) is 0 Å². The molecule has 0 atom stereocenters. The summed E-state index contributed by atoms with van der Waals surface area (Å²) in [6.45, 7) is 2.01. The molecule has 1 aromatic carbocycles. The standard InChI is InChI=1S/C12H10O2S/c1-8-9(6-7-12(13)14)10-4-2-3-5-11(10)15-8/h2-7H,1H3,(H,13,14)/b7-6+. The van der Waals surface area contributed by atoms with Crippen LogP contribution in [0.1, 0.15) is 10.4 Å². The second-order valence-corrected chi connectivity index (χ2v) is 4.50. The van der Waals surface area contributed by atoms with Gasteiger partial charge in [-0.25, -0.2) is 4.79 Å². The third-order valence-corrected chi connectivity index (χ3v) is 3.31. The van der Waals surface area contributed by atoms with Crippen LogP contribution in [0.5, 0.6) is 0 Å². The van der Waals surface area contributed by atoms with Crippen molar-refractivity contribution < 1.29 is 9.90 Å². The van der Waals surface area contributed by atoms with Crippen LogP contribution in [0.4, 0.5) is 0 Å². The summed E-state index contributed by atoms with van der Waals surface area (Å²) in [5.74, 6) is -0.912. The van der Waals surface area contributed by atoms with E-state index in [4.69, 9.17) is 5.11 Å². The first-order chi connectivity index (χ1) is 7.18. The summed E-state index contributed by atoms with van der Waals surface area (Å²) in [5, 5.41) is 9.71. The monoisotopic (exact) mass is 218 g/mol.